The minimum atomic E-state index is -0.173. The molecule has 0 spiro atoms. The number of carbonyl (C=O) groups is 1. The summed E-state index contributed by atoms with van der Waals surface area (Å²) in [5.41, 5.74) is 2.38. The van der Waals surface area contributed by atoms with Crippen molar-refractivity contribution < 1.29 is 13.9 Å². The highest BCUT2D eigenvalue weighted by atomic mass is 32.2. The molecule has 33 heavy (non-hydrogen) atoms. The van der Waals surface area contributed by atoms with Crippen molar-refractivity contribution in [1.29, 1.82) is 5.26 Å². The lowest BCUT2D eigenvalue weighted by molar-refractivity contribution is -0.113. The first-order chi connectivity index (χ1) is 16.1. The SMILES string of the molecule is COc1cccc2cc(-c3nnc(SCC(=O)Nc4sc5c(c4C#N)CCCC5)n3C)oc12. The number of furan rings is 1. The van der Waals surface area contributed by atoms with Crippen LogP contribution in [0, 0.1) is 11.3 Å². The molecule has 10 heteroatoms. The van der Waals surface area contributed by atoms with E-state index < -0.39 is 0 Å². The Labute approximate surface area is 198 Å². The van der Waals surface area contributed by atoms with E-state index in [1.807, 2.05) is 31.3 Å². The minimum absolute atomic E-state index is 0.160. The first kappa shape index (κ1) is 21.6. The van der Waals surface area contributed by atoms with Gasteiger partial charge < -0.3 is 19.0 Å². The Bertz CT molecular complexity index is 1400. The molecule has 5 rings (SSSR count). The number of rotatable bonds is 6. The van der Waals surface area contributed by atoms with Crippen LogP contribution in [-0.4, -0.2) is 33.5 Å². The van der Waals surface area contributed by atoms with Crippen LogP contribution in [0.15, 0.2) is 33.8 Å². The van der Waals surface area contributed by atoms with Gasteiger partial charge in [-0.3, -0.25) is 4.79 Å². The number of anilines is 1. The number of thiophene rings is 1. The summed E-state index contributed by atoms with van der Waals surface area (Å²) in [7, 11) is 3.44. The molecule has 1 aliphatic carbocycles. The lowest BCUT2D eigenvalue weighted by Crippen LogP contribution is -2.14. The molecule has 0 saturated carbocycles. The van der Waals surface area contributed by atoms with Crippen molar-refractivity contribution in [2.75, 3.05) is 18.2 Å². The summed E-state index contributed by atoms with van der Waals surface area (Å²) in [6.45, 7) is 0. The molecule has 0 unspecified atom stereocenters. The standard InChI is InChI=1S/C23H21N5O3S2/c1-28-21(17-10-13-6-5-8-16(30-2)20(13)31-17)26-27-23(28)32-12-19(29)25-22-15(11-24)14-7-3-4-9-18(14)33-22/h5-6,8,10H,3-4,7,9,12H2,1-2H3,(H,25,29). The van der Waals surface area contributed by atoms with E-state index in [0.717, 1.165) is 36.6 Å². The quantitative estimate of drug-likeness (QED) is 0.397. The second-order valence-electron chi connectivity index (χ2n) is 7.72. The van der Waals surface area contributed by atoms with Gasteiger partial charge in [0.1, 0.15) is 11.1 Å². The van der Waals surface area contributed by atoms with Gasteiger partial charge in [-0.1, -0.05) is 23.9 Å². The molecule has 0 fully saturated rings. The number of para-hydroxylation sites is 1. The zero-order chi connectivity index (χ0) is 22.9. The number of hydrogen-bond acceptors (Lipinski definition) is 8. The summed E-state index contributed by atoms with van der Waals surface area (Å²) >= 11 is 2.81. The van der Waals surface area contributed by atoms with Gasteiger partial charge in [0.15, 0.2) is 28.1 Å². The van der Waals surface area contributed by atoms with Crippen LogP contribution in [0.3, 0.4) is 0 Å². The van der Waals surface area contributed by atoms with Crippen molar-refractivity contribution >= 4 is 45.0 Å². The molecule has 168 valence electrons. The number of nitriles is 1. The van der Waals surface area contributed by atoms with Crippen molar-refractivity contribution in [3.05, 3.63) is 40.3 Å². The second kappa shape index (κ2) is 8.92. The predicted octanol–water partition coefficient (Wildman–Crippen LogP) is 4.78. The zero-order valence-electron chi connectivity index (χ0n) is 18.2. The van der Waals surface area contributed by atoms with Gasteiger partial charge in [-0.2, -0.15) is 5.26 Å². The highest BCUT2D eigenvalue weighted by Crippen LogP contribution is 2.38. The summed E-state index contributed by atoms with van der Waals surface area (Å²) in [5.74, 6) is 1.78. The summed E-state index contributed by atoms with van der Waals surface area (Å²) in [6, 6.07) is 9.86. The number of fused-ring (bicyclic) bond motifs is 2. The topological polar surface area (TPSA) is 106 Å². The third-order valence-electron chi connectivity index (χ3n) is 5.65. The number of ether oxygens (including phenoxy) is 1. The number of nitrogens with one attached hydrogen (secondary N) is 1. The molecule has 1 amide bonds. The van der Waals surface area contributed by atoms with Crippen LogP contribution >= 0.6 is 23.1 Å². The second-order valence-corrected chi connectivity index (χ2v) is 9.77. The Hall–Kier alpha value is -3.29. The van der Waals surface area contributed by atoms with Crippen molar-refractivity contribution in [3.8, 4) is 23.4 Å². The van der Waals surface area contributed by atoms with Gasteiger partial charge in [0.2, 0.25) is 5.91 Å². The average Bonchev–Trinajstić information content (AvgIpc) is 3.51. The number of benzene rings is 1. The number of hydrogen-bond donors (Lipinski definition) is 1. The number of nitrogens with zero attached hydrogens (tertiary/aromatic N) is 4. The number of thioether (sulfide) groups is 1. The van der Waals surface area contributed by atoms with Gasteiger partial charge in [-0.25, -0.2) is 0 Å². The first-order valence-corrected chi connectivity index (χ1v) is 12.3. The van der Waals surface area contributed by atoms with Crippen LogP contribution in [0.1, 0.15) is 28.8 Å². The molecule has 0 bridgehead atoms. The molecule has 0 atom stereocenters. The Morgan fingerprint density at radius 1 is 1.36 bits per heavy atom. The normalized spacial score (nSPS) is 13.0. The molecule has 4 aromatic rings. The van der Waals surface area contributed by atoms with E-state index in [1.54, 1.807) is 11.7 Å². The van der Waals surface area contributed by atoms with Crippen molar-refractivity contribution in [2.24, 2.45) is 7.05 Å². The van der Waals surface area contributed by atoms with Gasteiger partial charge in [-0.05, 0) is 43.4 Å². The van der Waals surface area contributed by atoms with Crippen molar-refractivity contribution in [3.63, 3.8) is 0 Å². The van der Waals surface area contributed by atoms with Crippen molar-refractivity contribution in [1.82, 2.24) is 14.8 Å². The van der Waals surface area contributed by atoms with Crippen molar-refractivity contribution in [2.45, 2.75) is 30.8 Å². The summed E-state index contributed by atoms with van der Waals surface area (Å²) in [4.78, 5) is 13.8. The van der Waals surface area contributed by atoms with Gasteiger partial charge in [0.05, 0.1) is 18.4 Å². The van der Waals surface area contributed by atoms with E-state index in [9.17, 15) is 10.1 Å². The third-order valence-corrected chi connectivity index (χ3v) is 7.88. The zero-order valence-corrected chi connectivity index (χ0v) is 19.8. The summed E-state index contributed by atoms with van der Waals surface area (Å²) < 4.78 is 13.1. The maximum absolute atomic E-state index is 12.6. The monoisotopic (exact) mass is 479 g/mol. The number of amides is 1. The van der Waals surface area contributed by atoms with E-state index in [1.165, 1.54) is 28.0 Å². The summed E-state index contributed by atoms with van der Waals surface area (Å²) in [6.07, 6.45) is 4.12. The van der Waals surface area contributed by atoms with Crippen LogP contribution < -0.4 is 10.1 Å². The smallest absolute Gasteiger partial charge is 0.235 e. The average molecular weight is 480 g/mol. The fraction of sp³-hybridized carbons (Fsp3) is 0.304. The van der Waals surface area contributed by atoms with Crippen LogP contribution in [0.25, 0.3) is 22.6 Å². The van der Waals surface area contributed by atoms with Crippen LogP contribution in [0.2, 0.25) is 0 Å². The van der Waals surface area contributed by atoms with E-state index in [0.29, 0.717) is 38.6 Å². The lowest BCUT2D eigenvalue weighted by atomic mass is 9.96. The molecule has 3 heterocycles. The molecule has 0 aliphatic heterocycles. The Morgan fingerprint density at radius 2 is 2.21 bits per heavy atom. The molecular weight excluding hydrogens is 458 g/mol. The molecule has 8 nitrogen and oxygen atoms in total. The molecular formula is C23H21N5O3S2. The molecule has 3 aromatic heterocycles. The van der Waals surface area contributed by atoms with Crippen LogP contribution in [0.5, 0.6) is 5.75 Å². The molecule has 1 aromatic carbocycles. The largest absolute Gasteiger partial charge is 0.493 e. The fourth-order valence-electron chi connectivity index (χ4n) is 4.03. The van der Waals surface area contributed by atoms with Gasteiger partial charge in [0.25, 0.3) is 0 Å². The van der Waals surface area contributed by atoms with E-state index in [2.05, 4.69) is 21.6 Å². The highest BCUT2D eigenvalue weighted by Gasteiger charge is 2.22. The third kappa shape index (κ3) is 3.98. The Balaban J connectivity index is 1.29. The highest BCUT2D eigenvalue weighted by molar-refractivity contribution is 7.99. The van der Waals surface area contributed by atoms with Crippen LogP contribution in [-0.2, 0) is 24.7 Å². The van der Waals surface area contributed by atoms with E-state index in [-0.39, 0.29) is 11.7 Å². The molecule has 0 radical (unpaired) electrons. The number of methoxy groups -OCH3 is 1. The Morgan fingerprint density at radius 3 is 3.03 bits per heavy atom. The van der Waals surface area contributed by atoms with E-state index >= 15 is 0 Å². The molecule has 1 N–H and O–H groups in total. The number of carbonyl (C=O) groups excluding carboxylic acids is 1. The van der Waals surface area contributed by atoms with E-state index in [4.69, 9.17) is 9.15 Å². The Kier molecular flexibility index (Phi) is 5.83. The fourth-order valence-corrected chi connectivity index (χ4v) is 5.99. The number of aryl methyl sites for hydroxylation is 1. The first-order valence-electron chi connectivity index (χ1n) is 10.5. The molecule has 0 saturated heterocycles. The maximum Gasteiger partial charge on any atom is 0.235 e. The van der Waals surface area contributed by atoms with Gasteiger partial charge in [0, 0.05) is 17.3 Å². The van der Waals surface area contributed by atoms with Crippen LogP contribution in [0.4, 0.5) is 5.00 Å². The van der Waals surface area contributed by atoms with Gasteiger partial charge >= 0.3 is 0 Å². The number of aromatic nitrogens is 3. The predicted molar refractivity (Wildman–Crippen MR) is 128 cm³/mol. The van der Waals surface area contributed by atoms with Gasteiger partial charge in [-0.15, -0.1) is 21.5 Å². The lowest BCUT2D eigenvalue weighted by Gasteiger charge is -2.09. The summed E-state index contributed by atoms with van der Waals surface area (Å²) in [5, 5.41) is 23.1. The minimum Gasteiger partial charge on any atom is -0.493 e. The molecule has 1 aliphatic rings. The maximum atomic E-state index is 12.6.